The van der Waals surface area contributed by atoms with Crippen LogP contribution in [0.1, 0.15) is 21.5 Å². The molecule has 1 amide bonds. The minimum Gasteiger partial charge on any atom is -0.465 e. The molecule has 7 nitrogen and oxygen atoms in total. The SMILES string of the molecule is COC(=O)c1cccc(NC(=O)CN(Cc2ccccc2C)S(C)(=O)=O)c1. The molecule has 0 atom stereocenters. The molecule has 0 unspecified atom stereocenters. The lowest BCUT2D eigenvalue weighted by molar-refractivity contribution is -0.116. The van der Waals surface area contributed by atoms with E-state index in [0.717, 1.165) is 21.7 Å². The Morgan fingerprint density at radius 3 is 2.44 bits per heavy atom. The van der Waals surface area contributed by atoms with Crippen molar-refractivity contribution in [3.05, 3.63) is 65.2 Å². The van der Waals surface area contributed by atoms with Crippen LogP contribution in [-0.2, 0) is 26.1 Å². The number of hydrogen-bond donors (Lipinski definition) is 1. The van der Waals surface area contributed by atoms with E-state index in [1.807, 2.05) is 31.2 Å². The van der Waals surface area contributed by atoms with Crippen LogP contribution in [0, 0.1) is 6.92 Å². The molecular formula is C19H22N2O5S. The second-order valence-corrected chi connectivity index (χ2v) is 8.06. The van der Waals surface area contributed by atoms with Crippen molar-refractivity contribution in [2.75, 3.05) is 25.2 Å². The average Bonchev–Trinajstić information content (AvgIpc) is 2.61. The summed E-state index contributed by atoms with van der Waals surface area (Å²) in [5.41, 5.74) is 2.43. The van der Waals surface area contributed by atoms with Crippen LogP contribution in [0.15, 0.2) is 48.5 Å². The van der Waals surface area contributed by atoms with Crippen molar-refractivity contribution >= 4 is 27.6 Å². The largest absolute Gasteiger partial charge is 0.465 e. The van der Waals surface area contributed by atoms with Gasteiger partial charge in [0.25, 0.3) is 0 Å². The summed E-state index contributed by atoms with van der Waals surface area (Å²) in [6, 6.07) is 13.6. The maximum atomic E-state index is 12.4. The van der Waals surface area contributed by atoms with Gasteiger partial charge >= 0.3 is 5.97 Å². The van der Waals surface area contributed by atoms with Gasteiger partial charge in [-0.3, -0.25) is 4.79 Å². The van der Waals surface area contributed by atoms with Gasteiger partial charge in [0.05, 0.1) is 25.5 Å². The fourth-order valence-corrected chi connectivity index (χ4v) is 3.20. The molecule has 0 radical (unpaired) electrons. The molecule has 0 spiro atoms. The maximum absolute atomic E-state index is 12.4. The Labute approximate surface area is 159 Å². The Bertz CT molecular complexity index is 941. The summed E-state index contributed by atoms with van der Waals surface area (Å²) in [6.45, 7) is 1.64. The van der Waals surface area contributed by atoms with Gasteiger partial charge in [0.15, 0.2) is 0 Å². The van der Waals surface area contributed by atoms with E-state index in [-0.39, 0.29) is 18.7 Å². The summed E-state index contributed by atoms with van der Waals surface area (Å²) >= 11 is 0. The predicted octanol–water partition coefficient (Wildman–Crippen LogP) is 2.18. The Hall–Kier alpha value is -2.71. The summed E-state index contributed by atoms with van der Waals surface area (Å²) in [4.78, 5) is 23.9. The minimum absolute atomic E-state index is 0.0983. The highest BCUT2D eigenvalue weighted by Crippen LogP contribution is 2.15. The van der Waals surface area contributed by atoms with Gasteiger partial charge in [-0.2, -0.15) is 4.31 Å². The van der Waals surface area contributed by atoms with E-state index in [2.05, 4.69) is 10.1 Å². The zero-order chi connectivity index (χ0) is 20.0. The zero-order valence-corrected chi connectivity index (χ0v) is 16.2. The van der Waals surface area contributed by atoms with Crippen LogP contribution in [-0.4, -0.2) is 44.5 Å². The molecule has 0 aliphatic heterocycles. The van der Waals surface area contributed by atoms with E-state index in [0.29, 0.717) is 5.69 Å². The van der Waals surface area contributed by atoms with Crippen LogP contribution in [0.3, 0.4) is 0 Å². The van der Waals surface area contributed by atoms with Gasteiger partial charge in [-0.1, -0.05) is 30.3 Å². The van der Waals surface area contributed by atoms with Crippen molar-refractivity contribution in [2.24, 2.45) is 0 Å². The molecule has 0 aliphatic rings. The number of esters is 1. The van der Waals surface area contributed by atoms with E-state index in [1.165, 1.54) is 13.2 Å². The van der Waals surface area contributed by atoms with E-state index in [4.69, 9.17) is 0 Å². The Kier molecular flexibility index (Phi) is 6.70. The summed E-state index contributed by atoms with van der Waals surface area (Å²) < 4.78 is 30.0. The van der Waals surface area contributed by atoms with Crippen LogP contribution in [0.2, 0.25) is 0 Å². The van der Waals surface area contributed by atoms with E-state index in [1.54, 1.807) is 18.2 Å². The summed E-state index contributed by atoms with van der Waals surface area (Å²) in [6.07, 6.45) is 1.07. The maximum Gasteiger partial charge on any atom is 0.337 e. The number of anilines is 1. The number of benzene rings is 2. The number of hydrogen-bond acceptors (Lipinski definition) is 5. The van der Waals surface area contributed by atoms with Gasteiger partial charge < -0.3 is 10.1 Å². The van der Waals surface area contributed by atoms with E-state index < -0.39 is 21.9 Å². The average molecular weight is 390 g/mol. The molecule has 2 aromatic rings. The van der Waals surface area contributed by atoms with Crippen molar-refractivity contribution in [3.8, 4) is 0 Å². The van der Waals surface area contributed by atoms with E-state index >= 15 is 0 Å². The van der Waals surface area contributed by atoms with Gasteiger partial charge in [-0.15, -0.1) is 0 Å². The molecule has 0 aromatic heterocycles. The lowest BCUT2D eigenvalue weighted by Crippen LogP contribution is -2.37. The third kappa shape index (κ3) is 5.90. The van der Waals surface area contributed by atoms with Crippen molar-refractivity contribution in [1.82, 2.24) is 4.31 Å². The molecule has 1 N–H and O–H groups in total. The number of aryl methyl sites for hydroxylation is 1. The Balaban J connectivity index is 2.13. The van der Waals surface area contributed by atoms with Gasteiger partial charge in [-0.05, 0) is 36.2 Å². The number of amides is 1. The standard InChI is InChI=1S/C19H22N2O5S/c1-14-7-4-5-8-16(14)12-21(27(3,24)25)13-18(22)20-17-10-6-9-15(11-17)19(23)26-2/h4-11H,12-13H2,1-3H3,(H,20,22). The highest BCUT2D eigenvalue weighted by Gasteiger charge is 2.21. The van der Waals surface area contributed by atoms with Gasteiger partial charge in [0.1, 0.15) is 0 Å². The third-order valence-corrected chi connectivity index (χ3v) is 5.16. The van der Waals surface area contributed by atoms with Crippen LogP contribution >= 0.6 is 0 Å². The fourth-order valence-electron chi connectivity index (χ4n) is 2.47. The number of carbonyl (C=O) groups excluding carboxylic acids is 2. The summed E-state index contributed by atoms with van der Waals surface area (Å²) in [7, 11) is -2.33. The van der Waals surface area contributed by atoms with Crippen molar-refractivity contribution in [3.63, 3.8) is 0 Å². The molecule has 0 fully saturated rings. The quantitative estimate of drug-likeness (QED) is 0.732. The molecule has 0 heterocycles. The minimum atomic E-state index is -3.59. The number of carbonyl (C=O) groups is 2. The van der Waals surface area contributed by atoms with Crippen molar-refractivity contribution in [2.45, 2.75) is 13.5 Å². The summed E-state index contributed by atoms with van der Waals surface area (Å²) in [5, 5.41) is 2.61. The Morgan fingerprint density at radius 2 is 1.81 bits per heavy atom. The summed E-state index contributed by atoms with van der Waals surface area (Å²) in [5.74, 6) is -1.03. The number of rotatable bonds is 7. The van der Waals surface area contributed by atoms with Crippen molar-refractivity contribution < 1.29 is 22.7 Å². The van der Waals surface area contributed by atoms with Crippen LogP contribution < -0.4 is 5.32 Å². The molecule has 0 saturated heterocycles. The number of sulfonamides is 1. The van der Waals surface area contributed by atoms with Gasteiger partial charge in [0, 0.05) is 12.2 Å². The first kappa shape index (κ1) is 20.6. The predicted molar refractivity (Wildman–Crippen MR) is 103 cm³/mol. The van der Waals surface area contributed by atoms with Gasteiger partial charge in [-0.25, -0.2) is 13.2 Å². The van der Waals surface area contributed by atoms with Crippen LogP contribution in [0.4, 0.5) is 5.69 Å². The third-order valence-electron chi connectivity index (χ3n) is 3.96. The Morgan fingerprint density at radius 1 is 1.11 bits per heavy atom. The fraction of sp³-hybridized carbons (Fsp3) is 0.263. The smallest absolute Gasteiger partial charge is 0.337 e. The lowest BCUT2D eigenvalue weighted by Gasteiger charge is -2.20. The molecule has 0 saturated carbocycles. The molecule has 144 valence electrons. The topological polar surface area (TPSA) is 92.8 Å². The lowest BCUT2D eigenvalue weighted by atomic mass is 10.1. The highest BCUT2D eigenvalue weighted by atomic mass is 32.2. The first-order valence-corrected chi connectivity index (χ1v) is 10.0. The number of nitrogens with one attached hydrogen (secondary N) is 1. The first-order chi connectivity index (χ1) is 12.7. The molecule has 27 heavy (non-hydrogen) atoms. The second kappa shape index (κ2) is 8.79. The van der Waals surface area contributed by atoms with Crippen molar-refractivity contribution in [1.29, 1.82) is 0 Å². The molecule has 0 bridgehead atoms. The normalized spacial score (nSPS) is 11.3. The van der Waals surface area contributed by atoms with E-state index in [9.17, 15) is 18.0 Å². The second-order valence-electron chi connectivity index (χ2n) is 6.08. The molecule has 8 heteroatoms. The zero-order valence-electron chi connectivity index (χ0n) is 15.4. The van der Waals surface area contributed by atoms with Crippen LogP contribution in [0.25, 0.3) is 0 Å². The molecular weight excluding hydrogens is 368 g/mol. The monoisotopic (exact) mass is 390 g/mol. The highest BCUT2D eigenvalue weighted by molar-refractivity contribution is 7.88. The van der Waals surface area contributed by atoms with Crippen LogP contribution in [0.5, 0.6) is 0 Å². The molecule has 2 rings (SSSR count). The van der Waals surface area contributed by atoms with Gasteiger partial charge in [0.2, 0.25) is 15.9 Å². The number of ether oxygens (including phenoxy) is 1. The molecule has 2 aromatic carbocycles. The first-order valence-electron chi connectivity index (χ1n) is 8.18. The molecule has 0 aliphatic carbocycles. The number of nitrogens with zero attached hydrogens (tertiary/aromatic N) is 1. The number of methoxy groups -OCH3 is 1.